The first kappa shape index (κ1) is 19.7. The molecule has 28 heavy (non-hydrogen) atoms. The molecule has 0 aliphatic rings. The number of benzene rings is 2. The monoisotopic (exact) mass is 492 g/mol. The molecule has 0 unspecified atom stereocenters. The van der Waals surface area contributed by atoms with Crippen molar-refractivity contribution in [3.63, 3.8) is 0 Å². The van der Waals surface area contributed by atoms with E-state index in [1.54, 1.807) is 24.3 Å². The highest BCUT2D eigenvalue weighted by atomic mass is 127. The molecule has 0 saturated carbocycles. The van der Waals surface area contributed by atoms with Crippen molar-refractivity contribution < 1.29 is 14.1 Å². The van der Waals surface area contributed by atoms with Gasteiger partial charge in [0.05, 0.1) is 14.7 Å². The van der Waals surface area contributed by atoms with Gasteiger partial charge in [-0.05, 0) is 70.1 Å². The normalized spacial score (nSPS) is 10.8. The van der Waals surface area contributed by atoms with Crippen LogP contribution in [0.3, 0.4) is 0 Å². The van der Waals surface area contributed by atoms with Crippen molar-refractivity contribution in [2.24, 2.45) is 5.10 Å². The molecular weight excluding hydrogens is 478 g/mol. The summed E-state index contributed by atoms with van der Waals surface area (Å²) < 4.78 is 19.6. The molecule has 0 spiro atoms. The summed E-state index contributed by atoms with van der Waals surface area (Å²) in [6, 6.07) is 14.4. The van der Waals surface area contributed by atoms with Crippen LogP contribution >= 0.6 is 22.6 Å². The molecule has 0 aliphatic carbocycles. The van der Waals surface area contributed by atoms with Crippen LogP contribution in [-0.2, 0) is 6.61 Å². The predicted octanol–water partition coefficient (Wildman–Crippen LogP) is 4.76. The standard InChI is InChI=1S/C19H14FIN4O3/c20-15-6-3-13(4-7-15)12-28-18-8-5-14(10-16(18)21)11-23-24-19-17(25(26)27)2-1-9-22-19/h1-11H,12H2,(H,22,24)/b23-11-. The van der Waals surface area contributed by atoms with E-state index < -0.39 is 4.92 Å². The van der Waals surface area contributed by atoms with Gasteiger partial charge in [-0.1, -0.05) is 12.1 Å². The molecule has 0 atom stereocenters. The number of nitrogens with one attached hydrogen (secondary N) is 1. The lowest BCUT2D eigenvalue weighted by Crippen LogP contribution is -2.00. The summed E-state index contributed by atoms with van der Waals surface area (Å²) in [4.78, 5) is 14.3. The van der Waals surface area contributed by atoms with Crippen molar-refractivity contribution in [1.29, 1.82) is 0 Å². The number of hydrogen-bond acceptors (Lipinski definition) is 6. The lowest BCUT2D eigenvalue weighted by molar-refractivity contribution is -0.384. The van der Waals surface area contributed by atoms with Gasteiger partial charge in [0.25, 0.3) is 0 Å². The Morgan fingerprint density at radius 3 is 2.75 bits per heavy atom. The van der Waals surface area contributed by atoms with E-state index >= 15 is 0 Å². The van der Waals surface area contributed by atoms with Crippen molar-refractivity contribution in [3.05, 3.63) is 91.4 Å². The van der Waals surface area contributed by atoms with Crippen molar-refractivity contribution in [1.82, 2.24) is 4.98 Å². The first-order valence-corrected chi connectivity index (χ1v) is 9.16. The van der Waals surface area contributed by atoms with Crippen LogP contribution in [0.15, 0.2) is 65.9 Å². The average Bonchev–Trinajstić information content (AvgIpc) is 2.69. The number of aromatic nitrogens is 1. The molecule has 1 N–H and O–H groups in total. The summed E-state index contributed by atoms with van der Waals surface area (Å²) in [5, 5.41) is 15.0. The van der Waals surface area contributed by atoms with Gasteiger partial charge in [0, 0.05) is 12.3 Å². The topological polar surface area (TPSA) is 89.7 Å². The van der Waals surface area contributed by atoms with Crippen LogP contribution in [0.5, 0.6) is 5.75 Å². The number of nitrogens with zero attached hydrogens (tertiary/aromatic N) is 3. The average molecular weight is 492 g/mol. The molecule has 1 heterocycles. The van der Waals surface area contributed by atoms with E-state index in [9.17, 15) is 14.5 Å². The third kappa shape index (κ3) is 5.22. The lowest BCUT2D eigenvalue weighted by atomic mass is 10.2. The first-order valence-electron chi connectivity index (χ1n) is 8.08. The number of halogens is 2. The predicted molar refractivity (Wildman–Crippen MR) is 112 cm³/mol. The van der Waals surface area contributed by atoms with Crippen LogP contribution in [0.25, 0.3) is 0 Å². The van der Waals surface area contributed by atoms with E-state index in [4.69, 9.17) is 4.74 Å². The molecule has 0 fully saturated rings. The van der Waals surface area contributed by atoms with Crippen LogP contribution in [0.2, 0.25) is 0 Å². The zero-order chi connectivity index (χ0) is 19.9. The molecule has 1 aromatic heterocycles. The van der Waals surface area contributed by atoms with E-state index in [0.717, 1.165) is 14.7 Å². The summed E-state index contributed by atoms with van der Waals surface area (Å²) in [6.45, 7) is 0.328. The lowest BCUT2D eigenvalue weighted by Gasteiger charge is -2.09. The van der Waals surface area contributed by atoms with Crippen LogP contribution in [-0.4, -0.2) is 16.1 Å². The van der Waals surface area contributed by atoms with Crippen molar-refractivity contribution in [2.75, 3.05) is 5.43 Å². The quantitative estimate of drug-likeness (QED) is 0.223. The highest BCUT2D eigenvalue weighted by Crippen LogP contribution is 2.23. The molecule has 0 amide bonds. The first-order chi connectivity index (χ1) is 13.5. The maximum atomic E-state index is 12.9. The highest BCUT2D eigenvalue weighted by molar-refractivity contribution is 14.1. The van der Waals surface area contributed by atoms with Gasteiger partial charge in [-0.15, -0.1) is 0 Å². The van der Waals surface area contributed by atoms with Crippen LogP contribution in [0.4, 0.5) is 15.9 Å². The van der Waals surface area contributed by atoms with E-state index in [1.807, 2.05) is 6.07 Å². The van der Waals surface area contributed by atoms with Crippen LogP contribution in [0.1, 0.15) is 11.1 Å². The molecule has 3 rings (SSSR count). The molecule has 2 aromatic carbocycles. The van der Waals surface area contributed by atoms with Gasteiger partial charge in [-0.2, -0.15) is 5.10 Å². The van der Waals surface area contributed by atoms with Gasteiger partial charge in [0.15, 0.2) is 0 Å². The van der Waals surface area contributed by atoms with E-state index in [0.29, 0.717) is 12.4 Å². The fraction of sp³-hybridized carbons (Fsp3) is 0.0526. The number of nitro groups is 1. The Morgan fingerprint density at radius 2 is 2.04 bits per heavy atom. The highest BCUT2D eigenvalue weighted by Gasteiger charge is 2.12. The minimum atomic E-state index is -0.527. The second-order valence-corrected chi connectivity index (χ2v) is 6.77. The molecule has 0 aliphatic heterocycles. The molecule has 7 nitrogen and oxygen atoms in total. The van der Waals surface area contributed by atoms with Gasteiger partial charge < -0.3 is 4.74 Å². The number of anilines is 1. The van der Waals surface area contributed by atoms with Gasteiger partial charge in [-0.25, -0.2) is 9.37 Å². The summed E-state index contributed by atoms with van der Waals surface area (Å²) >= 11 is 2.14. The Bertz CT molecular complexity index is 1010. The summed E-state index contributed by atoms with van der Waals surface area (Å²) in [5.41, 5.74) is 4.07. The second kappa shape index (κ2) is 9.22. The smallest absolute Gasteiger partial charge is 0.313 e. The Hall–Kier alpha value is -3.08. The fourth-order valence-electron chi connectivity index (χ4n) is 2.25. The molecule has 142 valence electrons. The molecule has 3 aromatic rings. The molecular formula is C19H14FIN4O3. The Kier molecular flexibility index (Phi) is 6.48. The summed E-state index contributed by atoms with van der Waals surface area (Å²) in [7, 11) is 0. The second-order valence-electron chi connectivity index (χ2n) is 5.60. The largest absolute Gasteiger partial charge is 0.488 e. The van der Waals surface area contributed by atoms with Crippen LogP contribution in [0, 0.1) is 19.5 Å². The maximum absolute atomic E-state index is 12.9. The maximum Gasteiger partial charge on any atom is 0.313 e. The Morgan fingerprint density at radius 1 is 1.25 bits per heavy atom. The zero-order valence-corrected chi connectivity index (χ0v) is 16.5. The van der Waals surface area contributed by atoms with Gasteiger partial charge >= 0.3 is 5.69 Å². The van der Waals surface area contributed by atoms with Crippen LogP contribution < -0.4 is 10.2 Å². The summed E-state index contributed by atoms with van der Waals surface area (Å²) in [6.07, 6.45) is 2.98. The van der Waals surface area contributed by atoms with Gasteiger partial charge in [0.2, 0.25) is 5.82 Å². The number of hydrazone groups is 1. The van der Waals surface area contributed by atoms with E-state index in [-0.39, 0.29) is 17.3 Å². The minimum absolute atomic E-state index is 0.0673. The molecule has 9 heteroatoms. The number of pyridine rings is 1. The Balaban J connectivity index is 1.63. The number of hydrogen-bond donors (Lipinski definition) is 1. The number of ether oxygens (including phenoxy) is 1. The number of rotatable bonds is 7. The van der Waals surface area contributed by atoms with E-state index in [2.05, 4.69) is 38.1 Å². The third-order valence-electron chi connectivity index (χ3n) is 3.63. The van der Waals surface area contributed by atoms with E-state index in [1.165, 1.54) is 36.7 Å². The minimum Gasteiger partial charge on any atom is -0.488 e. The SMILES string of the molecule is O=[N+]([O-])c1cccnc1N/N=C\c1ccc(OCc2ccc(F)cc2)c(I)c1. The summed E-state index contributed by atoms with van der Waals surface area (Å²) in [5.74, 6) is 0.472. The van der Waals surface area contributed by atoms with Crippen molar-refractivity contribution in [3.8, 4) is 5.75 Å². The van der Waals surface area contributed by atoms with Crippen molar-refractivity contribution >= 4 is 40.3 Å². The van der Waals surface area contributed by atoms with Gasteiger partial charge in [0.1, 0.15) is 18.2 Å². The Labute approximate surface area is 173 Å². The fourth-order valence-corrected chi connectivity index (χ4v) is 2.95. The molecule has 0 saturated heterocycles. The van der Waals surface area contributed by atoms with Gasteiger partial charge in [-0.3, -0.25) is 15.5 Å². The zero-order valence-electron chi connectivity index (χ0n) is 14.4. The molecule has 0 radical (unpaired) electrons. The third-order valence-corrected chi connectivity index (χ3v) is 4.47. The molecule has 0 bridgehead atoms. The van der Waals surface area contributed by atoms with Crippen molar-refractivity contribution in [2.45, 2.75) is 6.61 Å².